The number of piperidine rings is 1. The number of likely N-dealkylation sites (tertiary alicyclic amines) is 1. The van der Waals surface area contributed by atoms with Crippen molar-refractivity contribution in [1.29, 1.82) is 0 Å². The van der Waals surface area contributed by atoms with Crippen LogP contribution in [-0.4, -0.2) is 35.0 Å². The lowest BCUT2D eigenvalue weighted by Gasteiger charge is -2.39. The van der Waals surface area contributed by atoms with Gasteiger partial charge in [-0.3, -0.25) is 9.59 Å². The van der Waals surface area contributed by atoms with Crippen LogP contribution in [0.1, 0.15) is 59.3 Å². The van der Waals surface area contributed by atoms with Crippen molar-refractivity contribution < 1.29 is 14.7 Å². The summed E-state index contributed by atoms with van der Waals surface area (Å²) in [5, 5.41) is 9.44. The highest BCUT2D eigenvalue weighted by atomic mass is 16.4. The van der Waals surface area contributed by atoms with Crippen molar-refractivity contribution in [1.82, 2.24) is 4.90 Å². The van der Waals surface area contributed by atoms with Crippen molar-refractivity contribution in [3.63, 3.8) is 0 Å². The van der Waals surface area contributed by atoms with Gasteiger partial charge in [0.05, 0.1) is 5.41 Å². The van der Waals surface area contributed by atoms with Gasteiger partial charge in [0.2, 0.25) is 5.91 Å². The number of hydrogen-bond acceptors (Lipinski definition) is 2. The summed E-state index contributed by atoms with van der Waals surface area (Å²) in [7, 11) is 0. The maximum absolute atomic E-state index is 12.3. The van der Waals surface area contributed by atoms with Gasteiger partial charge >= 0.3 is 5.97 Å². The van der Waals surface area contributed by atoms with Gasteiger partial charge in [-0.2, -0.15) is 0 Å². The SMILES string of the molecule is CCCC1(C(=O)O)CCN(C(=O)C(CC)CC)CC1. The first-order chi connectivity index (χ1) is 9.00. The Morgan fingerprint density at radius 2 is 1.68 bits per heavy atom. The molecule has 1 heterocycles. The van der Waals surface area contributed by atoms with Crippen LogP contribution in [0.5, 0.6) is 0 Å². The second kappa shape index (κ2) is 6.92. The summed E-state index contributed by atoms with van der Waals surface area (Å²) < 4.78 is 0. The molecule has 0 aromatic carbocycles. The average molecular weight is 269 g/mol. The number of rotatable bonds is 6. The molecule has 0 spiro atoms. The summed E-state index contributed by atoms with van der Waals surface area (Å²) in [5.74, 6) is -0.382. The molecule has 1 aliphatic rings. The number of carbonyl (C=O) groups excluding carboxylic acids is 1. The van der Waals surface area contributed by atoms with E-state index in [-0.39, 0.29) is 11.8 Å². The Bertz CT molecular complexity index is 315. The van der Waals surface area contributed by atoms with Gasteiger partial charge in [-0.15, -0.1) is 0 Å². The molecule has 0 bridgehead atoms. The number of nitrogens with zero attached hydrogens (tertiary/aromatic N) is 1. The largest absolute Gasteiger partial charge is 0.481 e. The first-order valence-corrected chi connectivity index (χ1v) is 7.53. The van der Waals surface area contributed by atoms with Gasteiger partial charge < -0.3 is 10.0 Å². The third-order valence-electron chi connectivity index (χ3n) is 4.55. The number of carboxylic acid groups (broad SMARTS) is 1. The van der Waals surface area contributed by atoms with E-state index in [0.717, 1.165) is 25.7 Å². The Morgan fingerprint density at radius 3 is 2.05 bits per heavy atom. The van der Waals surface area contributed by atoms with Gasteiger partial charge in [-0.1, -0.05) is 27.2 Å². The molecular formula is C15H27NO3. The van der Waals surface area contributed by atoms with Crippen LogP contribution in [0.4, 0.5) is 0 Å². The monoisotopic (exact) mass is 269 g/mol. The van der Waals surface area contributed by atoms with Crippen LogP contribution in [0.15, 0.2) is 0 Å². The van der Waals surface area contributed by atoms with Crippen LogP contribution >= 0.6 is 0 Å². The fourth-order valence-electron chi connectivity index (χ4n) is 3.10. The second-order valence-corrected chi connectivity index (χ2v) is 5.67. The van der Waals surface area contributed by atoms with Gasteiger partial charge in [0.15, 0.2) is 0 Å². The fraction of sp³-hybridized carbons (Fsp3) is 0.867. The van der Waals surface area contributed by atoms with Crippen LogP contribution < -0.4 is 0 Å². The van der Waals surface area contributed by atoms with E-state index in [0.29, 0.717) is 25.9 Å². The van der Waals surface area contributed by atoms with Crippen molar-refractivity contribution in [2.75, 3.05) is 13.1 Å². The Balaban J connectivity index is 2.65. The smallest absolute Gasteiger partial charge is 0.309 e. The predicted molar refractivity (Wildman–Crippen MR) is 74.9 cm³/mol. The van der Waals surface area contributed by atoms with E-state index >= 15 is 0 Å². The molecule has 0 aliphatic carbocycles. The lowest BCUT2D eigenvalue weighted by Crippen LogP contribution is -2.48. The Kier molecular flexibility index (Phi) is 5.83. The minimum Gasteiger partial charge on any atom is -0.481 e. The van der Waals surface area contributed by atoms with E-state index in [4.69, 9.17) is 0 Å². The van der Waals surface area contributed by atoms with Crippen molar-refractivity contribution in [3.05, 3.63) is 0 Å². The molecule has 0 radical (unpaired) electrons. The zero-order valence-electron chi connectivity index (χ0n) is 12.4. The zero-order chi connectivity index (χ0) is 14.5. The van der Waals surface area contributed by atoms with E-state index in [2.05, 4.69) is 0 Å². The van der Waals surface area contributed by atoms with Crippen molar-refractivity contribution in [2.24, 2.45) is 11.3 Å². The normalized spacial score (nSPS) is 18.6. The highest BCUT2D eigenvalue weighted by molar-refractivity contribution is 5.80. The quantitative estimate of drug-likeness (QED) is 0.806. The summed E-state index contributed by atoms with van der Waals surface area (Å²) in [6.45, 7) is 7.29. The second-order valence-electron chi connectivity index (χ2n) is 5.67. The van der Waals surface area contributed by atoms with Gasteiger partial charge in [-0.25, -0.2) is 0 Å². The van der Waals surface area contributed by atoms with Crippen molar-refractivity contribution >= 4 is 11.9 Å². The lowest BCUT2D eigenvalue weighted by atomic mass is 9.75. The molecule has 0 saturated carbocycles. The average Bonchev–Trinajstić information content (AvgIpc) is 2.41. The van der Waals surface area contributed by atoms with Crippen LogP contribution in [0.3, 0.4) is 0 Å². The van der Waals surface area contributed by atoms with E-state index < -0.39 is 11.4 Å². The molecule has 1 fully saturated rings. The molecule has 0 aromatic heterocycles. The molecule has 4 heteroatoms. The highest BCUT2D eigenvalue weighted by Gasteiger charge is 2.41. The lowest BCUT2D eigenvalue weighted by molar-refractivity contribution is -0.155. The number of amides is 1. The topological polar surface area (TPSA) is 57.6 Å². The molecule has 0 aromatic rings. The standard InChI is InChI=1S/C15H27NO3/c1-4-7-15(14(18)19)8-10-16(11-9-15)13(17)12(5-2)6-3/h12H,4-11H2,1-3H3,(H,18,19). The molecule has 1 aliphatic heterocycles. The maximum Gasteiger partial charge on any atom is 0.309 e. The summed E-state index contributed by atoms with van der Waals surface area (Å²) >= 11 is 0. The van der Waals surface area contributed by atoms with E-state index in [1.54, 1.807) is 0 Å². The molecule has 4 nitrogen and oxygen atoms in total. The molecule has 0 unspecified atom stereocenters. The van der Waals surface area contributed by atoms with E-state index in [1.807, 2.05) is 25.7 Å². The van der Waals surface area contributed by atoms with Crippen LogP contribution in [0.25, 0.3) is 0 Å². The predicted octanol–water partition coefficient (Wildman–Crippen LogP) is 2.92. The molecule has 110 valence electrons. The molecule has 1 N–H and O–H groups in total. The molecule has 0 atom stereocenters. The zero-order valence-corrected chi connectivity index (χ0v) is 12.4. The fourth-order valence-corrected chi connectivity index (χ4v) is 3.10. The van der Waals surface area contributed by atoms with E-state index in [9.17, 15) is 14.7 Å². The van der Waals surface area contributed by atoms with Gasteiger partial charge in [-0.05, 0) is 32.1 Å². The third-order valence-corrected chi connectivity index (χ3v) is 4.55. The maximum atomic E-state index is 12.3. The Morgan fingerprint density at radius 1 is 1.16 bits per heavy atom. The number of carbonyl (C=O) groups is 2. The van der Waals surface area contributed by atoms with Gasteiger partial charge in [0.25, 0.3) is 0 Å². The molecule has 1 saturated heterocycles. The third kappa shape index (κ3) is 3.48. The van der Waals surface area contributed by atoms with Crippen molar-refractivity contribution in [3.8, 4) is 0 Å². The number of aliphatic carboxylic acids is 1. The Labute approximate surface area is 116 Å². The first kappa shape index (κ1) is 16.0. The van der Waals surface area contributed by atoms with Crippen LogP contribution in [0.2, 0.25) is 0 Å². The summed E-state index contributed by atoms with van der Waals surface area (Å²) in [4.78, 5) is 25.6. The first-order valence-electron chi connectivity index (χ1n) is 7.53. The van der Waals surface area contributed by atoms with E-state index in [1.165, 1.54) is 0 Å². The molecular weight excluding hydrogens is 242 g/mol. The van der Waals surface area contributed by atoms with Gasteiger partial charge in [0, 0.05) is 19.0 Å². The number of hydrogen-bond donors (Lipinski definition) is 1. The molecule has 19 heavy (non-hydrogen) atoms. The number of carboxylic acids is 1. The molecule has 1 amide bonds. The summed E-state index contributed by atoms with van der Waals surface area (Å²) in [6.07, 6.45) is 4.53. The van der Waals surface area contributed by atoms with Crippen LogP contribution in [0, 0.1) is 11.3 Å². The van der Waals surface area contributed by atoms with Crippen LogP contribution in [-0.2, 0) is 9.59 Å². The minimum absolute atomic E-state index is 0.100. The highest BCUT2D eigenvalue weighted by Crippen LogP contribution is 2.37. The van der Waals surface area contributed by atoms with Crippen molar-refractivity contribution in [2.45, 2.75) is 59.3 Å². The minimum atomic E-state index is -0.691. The molecule has 1 rings (SSSR count). The summed E-state index contributed by atoms with van der Waals surface area (Å²) in [6, 6.07) is 0. The Hall–Kier alpha value is -1.06. The van der Waals surface area contributed by atoms with Gasteiger partial charge in [0.1, 0.15) is 0 Å². The summed E-state index contributed by atoms with van der Waals surface area (Å²) in [5.41, 5.74) is -0.598.